The minimum absolute atomic E-state index is 0.0122. The molecule has 0 spiro atoms. The van der Waals surface area contributed by atoms with Crippen molar-refractivity contribution in [1.82, 2.24) is 10.3 Å². The monoisotopic (exact) mass is 354 g/mol. The molecule has 0 saturated carbocycles. The molecule has 1 aliphatic heterocycles. The van der Waals surface area contributed by atoms with Gasteiger partial charge in [-0.25, -0.2) is 4.98 Å². The molecule has 2 aromatic rings. The highest BCUT2D eigenvalue weighted by atomic mass is 16.5. The van der Waals surface area contributed by atoms with Crippen LogP contribution in [0.1, 0.15) is 34.3 Å². The third-order valence-corrected chi connectivity index (χ3v) is 4.29. The number of carbonyl (C=O) groups is 1. The minimum atomic E-state index is -0.211. The van der Waals surface area contributed by atoms with Crippen molar-refractivity contribution in [3.63, 3.8) is 0 Å². The number of carbonyl (C=O) groups excluding carboxylic acids is 1. The maximum Gasteiger partial charge on any atom is 0.251 e. The molecule has 0 atom stereocenters. The van der Waals surface area contributed by atoms with Crippen LogP contribution >= 0.6 is 0 Å². The standard InChI is InChI=1S/C19H22N4O3/c1-22-18(24)13-4-2-3-12(11-13)17(21)16-15(20)5-8-23-19(16)26-14-6-9-25-10-7-14/h2-5,8,11,14,21H,6-7,9-10H2,1H3,(H2,20,23)(H,22,24). The molecule has 1 fully saturated rings. The van der Waals surface area contributed by atoms with Crippen molar-refractivity contribution in [2.75, 3.05) is 26.0 Å². The Hall–Kier alpha value is -2.93. The number of aromatic nitrogens is 1. The Kier molecular flexibility index (Phi) is 5.48. The van der Waals surface area contributed by atoms with Gasteiger partial charge in [0.1, 0.15) is 6.10 Å². The summed E-state index contributed by atoms with van der Waals surface area (Å²) < 4.78 is 11.4. The average molecular weight is 354 g/mol. The number of nitrogens with two attached hydrogens (primary N) is 1. The molecular formula is C19H22N4O3. The van der Waals surface area contributed by atoms with E-state index in [1.165, 1.54) is 0 Å². The van der Waals surface area contributed by atoms with Gasteiger partial charge in [-0.3, -0.25) is 10.2 Å². The van der Waals surface area contributed by atoms with E-state index in [-0.39, 0.29) is 17.7 Å². The van der Waals surface area contributed by atoms with E-state index >= 15 is 0 Å². The third-order valence-electron chi connectivity index (χ3n) is 4.29. The lowest BCUT2D eigenvalue weighted by molar-refractivity contribution is 0.0237. The van der Waals surface area contributed by atoms with Crippen molar-refractivity contribution in [3.05, 3.63) is 53.2 Å². The summed E-state index contributed by atoms with van der Waals surface area (Å²) in [5, 5.41) is 11.2. The van der Waals surface area contributed by atoms with E-state index in [1.54, 1.807) is 43.6 Å². The van der Waals surface area contributed by atoms with E-state index < -0.39 is 0 Å². The van der Waals surface area contributed by atoms with E-state index in [0.29, 0.717) is 41.5 Å². The van der Waals surface area contributed by atoms with E-state index in [0.717, 1.165) is 12.8 Å². The van der Waals surface area contributed by atoms with Crippen LogP contribution in [0.2, 0.25) is 0 Å². The second-order valence-corrected chi connectivity index (χ2v) is 6.04. The fourth-order valence-electron chi connectivity index (χ4n) is 2.85. The van der Waals surface area contributed by atoms with Crippen molar-refractivity contribution in [1.29, 1.82) is 5.41 Å². The number of hydrogen-bond donors (Lipinski definition) is 3. The number of ether oxygens (including phenoxy) is 2. The van der Waals surface area contributed by atoms with Gasteiger partial charge in [0.15, 0.2) is 0 Å². The lowest BCUT2D eigenvalue weighted by Gasteiger charge is -2.24. The lowest BCUT2D eigenvalue weighted by atomic mass is 9.99. The van der Waals surface area contributed by atoms with Crippen LogP contribution < -0.4 is 15.8 Å². The highest BCUT2D eigenvalue weighted by Crippen LogP contribution is 2.27. The van der Waals surface area contributed by atoms with Gasteiger partial charge in [0, 0.05) is 42.9 Å². The molecule has 7 nitrogen and oxygen atoms in total. The number of nitrogens with one attached hydrogen (secondary N) is 2. The highest BCUT2D eigenvalue weighted by Gasteiger charge is 2.22. The van der Waals surface area contributed by atoms with Crippen LogP contribution in [-0.4, -0.2) is 43.0 Å². The summed E-state index contributed by atoms with van der Waals surface area (Å²) in [6.07, 6.45) is 3.11. The SMILES string of the molecule is CNC(=O)c1cccc(C(=N)c2c(N)ccnc2OC2CCOCC2)c1. The van der Waals surface area contributed by atoms with E-state index in [4.69, 9.17) is 20.6 Å². The Morgan fingerprint density at radius 1 is 1.31 bits per heavy atom. The predicted molar refractivity (Wildman–Crippen MR) is 98.9 cm³/mol. The van der Waals surface area contributed by atoms with Crippen molar-refractivity contribution in [3.8, 4) is 5.88 Å². The van der Waals surface area contributed by atoms with Gasteiger partial charge in [-0.2, -0.15) is 0 Å². The molecule has 0 unspecified atom stereocenters. The summed E-state index contributed by atoms with van der Waals surface area (Å²) in [6.45, 7) is 1.29. The molecule has 1 aromatic heterocycles. The van der Waals surface area contributed by atoms with Gasteiger partial charge in [0.05, 0.1) is 24.5 Å². The summed E-state index contributed by atoms with van der Waals surface area (Å²) >= 11 is 0. The molecule has 26 heavy (non-hydrogen) atoms. The lowest BCUT2D eigenvalue weighted by Crippen LogP contribution is -2.27. The Bertz CT molecular complexity index is 816. The molecule has 0 aliphatic carbocycles. The smallest absolute Gasteiger partial charge is 0.251 e. The Balaban J connectivity index is 1.92. The Morgan fingerprint density at radius 2 is 2.04 bits per heavy atom. The van der Waals surface area contributed by atoms with Crippen LogP contribution in [-0.2, 0) is 4.74 Å². The number of amides is 1. The van der Waals surface area contributed by atoms with Gasteiger partial charge in [-0.15, -0.1) is 0 Å². The number of benzene rings is 1. The van der Waals surface area contributed by atoms with Gasteiger partial charge < -0.3 is 20.5 Å². The second-order valence-electron chi connectivity index (χ2n) is 6.04. The zero-order valence-corrected chi connectivity index (χ0v) is 14.6. The van der Waals surface area contributed by atoms with Gasteiger partial charge in [0.2, 0.25) is 5.88 Å². The van der Waals surface area contributed by atoms with Crippen LogP contribution in [0.4, 0.5) is 5.69 Å². The van der Waals surface area contributed by atoms with Crippen molar-refractivity contribution in [2.24, 2.45) is 0 Å². The fourth-order valence-corrected chi connectivity index (χ4v) is 2.85. The quantitative estimate of drug-likeness (QED) is 0.711. The van der Waals surface area contributed by atoms with Gasteiger partial charge >= 0.3 is 0 Å². The van der Waals surface area contributed by atoms with Gasteiger partial charge in [-0.05, 0) is 18.2 Å². The number of nitrogen functional groups attached to an aromatic ring is 1. The zero-order valence-electron chi connectivity index (χ0n) is 14.6. The van der Waals surface area contributed by atoms with E-state index in [1.807, 2.05) is 0 Å². The van der Waals surface area contributed by atoms with Crippen molar-refractivity contribution in [2.45, 2.75) is 18.9 Å². The number of anilines is 1. The minimum Gasteiger partial charge on any atom is -0.474 e. The topological polar surface area (TPSA) is 110 Å². The Labute approximate surface area is 152 Å². The largest absolute Gasteiger partial charge is 0.474 e. The number of pyridine rings is 1. The maximum atomic E-state index is 11.9. The van der Waals surface area contributed by atoms with Crippen LogP contribution in [0.5, 0.6) is 5.88 Å². The van der Waals surface area contributed by atoms with Crippen LogP contribution in [0.15, 0.2) is 36.5 Å². The first-order valence-corrected chi connectivity index (χ1v) is 8.50. The highest BCUT2D eigenvalue weighted by molar-refractivity contribution is 6.15. The van der Waals surface area contributed by atoms with E-state index in [2.05, 4.69) is 10.3 Å². The number of hydrogen-bond acceptors (Lipinski definition) is 6. The molecule has 1 saturated heterocycles. The number of nitrogens with zero attached hydrogens (tertiary/aromatic N) is 1. The molecule has 1 amide bonds. The molecule has 4 N–H and O–H groups in total. The summed E-state index contributed by atoms with van der Waals surface area (Å²) in [5.74, 6) is 0.129. The van der Waals surface area contributed by atoms with Gasteiger partial charge in [-0.1, -0.05) is 12.1 Å². The fraction of sp³-hybridized carbons (Fsp3) is 0.316. The molecule has 3 rings (SSSR count). The summed E-state index contributed by atoms with van der Waals surface area (Å²) in [4.78, 5) is 16.2. The average Bonchev–Trinajstić information content (AvgIpc) is 2.68. The molecule has 1 aliphatic rings. The molecule has 7 heteroatoms. The van der Waals surface area contributed by atoms with Crippen LogP contribution in [0.25, 0.3) is 0 Å². The first kappa shape index (κ1) is 17.9. The third kappa shape index (κ3) is 3.83. The molecule has 1 aromatic carbocycles. The van der Waals surface area contributed by atoms with Crippen LogP contribution in [0, 0.1) is 5.41 Å². The summed E-state index contributed by atoms with van der Waals surface area (Å²) in [6, 6.07) is 8.50. The molecule has 136 valence electrons. The normalized spacial score (nSPS) is 14.7. The van der Waals surface area contributed by atoms with E-state index in [9.17, 15) is 4.79 Å². The number of rotatable bonds is 5. The predicted octanol–water partition coefficient (Wildman–Crippen LogP) is 2.00. The summed E-state index contributed by atoms with van der Waals surface area (Å²) in [7, 11) is 1.57. The molecule has 0 radical (unpaired) electrons. The molecule has 0 bridgehead atoms. The van der Waals surface area contributed by atoms with Crippen molar-refractivity contribution < 1.29 is 14.3 Å². The van der Waals surface area contributed by atoms with Gasteiger partial charge in [0.25, 0.3) is 5.91 Å². The van der Waals surface area contributed by atoms with Crippen LogP contribution in [0.3, 0.4) is 0 Å². The first-order valence-electron chi connectivity index (χ1n) is 8.50. The molecular weight excluding hydrogens is 332 g/mol. The second kappa shape index (κ2) is 7.97. The maximum absolute atomic E-state index is 11.9. The first-order chi connectivity index (χ1) is 12.6. The zero-order chi connectivity index (χ0) is 18.5. The summed E-state index contributed by atoms with van der Waals surface area (Å²) in [5.41, 5.74) is 8.19. The molecule has 2 heterocycles. The van der Waals surface area contributed by atoms with Crippen molar-refractivity contribution >= 4 is 17.3 Å². The Morgan fingerprint density at radius 3 is 2.77 bits per heavy atom.